The van der Waals surface area contributed by atoms with Crippen molar-refractivity contribution in [2.45, 2.75) is 37.6 Å². The Morgan fingerprint density at radius 1 is 0.583 bits per heavy atom. The average Bonchev–Trinajstić information content (AvgIpc) is 3.46. The molecular formula is C31H16F16N6O7. The van der Waals surface area contributed by atoms with E-state index in [1.807, 2.05) is 0 Å². The first-order valence-corrected chi connectivity index (χ1v) is 15.0. The molecular weight excluding hydrogens is 872 g/mol. The van der Waals surface area contributed by atoms with Crippen LogP contribution in [0.5, 0.6) is 0 Å². The molecule has 0 aliphatic carbocycles. The zero-order valence-corrected chi connectivity index (χ0v) is 28.4. The zero-order valence-electron chi connectivity index (χ0n) is 28.4. The average molecular weight is 888 g/mol. The molecule has 324 valence electrons. The van der Waals surface area contributed by atoms with Gasteiger partial charge in [0.15, 0.2) is 5.82 Å². The number of halogens is 16. The molecule has 4 aromatic carbocycles. The van der Waals surface area contributed by atoms with Crippen LogP contribution in [0.2, 0.25) is 0 Å². The first-order chi connectivity index (χ1) is 27.2. The number of aromatic nitrogens is 2. The number of nitrogens with two attached hydrogens (primary N) is 1. The van der Waals surface area contributed by atoms with Crippen LogP contribution in [0, 0.1) is 36.2 Å². The number of hydrogen-bond donors (Lipinski definition) is 1. The Bertz CT molecular complexity index is 2340. The Kier molecular flexibility index (Phi) is 13.6. The van der Waals surface area contributed by atoms with Crippen molar-refractivity contribution in [3.8, 4) is 11.4 Å². The molecule has 0 saturated heterocycles. The molecule has 0 aliphatic rings. The molecule has 13 nitrogen and oxygen atoms in total. The molecule has 5 aromatic rings. The van der Waals surface area contributed by atoms with Gasteiger partial charge in [0.05, 0.1) is 48.6 Å². The van der Waals surface area contributed by atoms with Crippen molar-refractivity contribution < 1.29 is 89.9 Å². The molecule has 60 heavy (non-hydrogen) atoms. The van der Waals surface area contributed by atoms with Crippen molar-refractivity contribution in [3.63, 3.8) is 0 Å². The Morgan fingerprint density at radius 2 is 1.00 bits per heavy atom. The lowest BCUT2D eigenvalue weighted by Gasteiger charge is -2.16. The minimum absolute atomic E-state index is 0.0686. The van der Waals surface area contributed by atoms with Crippen molar-refractivity contribution in [3.05, 3.63) is 137 Å². The van der Waals surface area contributed by atoms with Crippen LogP contribution in [0.15, 0.2) is 72.8 Å². The van der Waals surface area contributed by atoms with E-state index in [-0.39, 0.29) is 41.1 Å². The van der Waals surface area contributed by atoms with Crippen LogP contribution < -0.4 is 10.6 Å². The fourth-order valence-corrected chi connectivity index (χ4v) is 4.51. The maximum Gasteiger partial charge on any atom is 0.591 e. The lowest BCUT2D eigenvalue weighted by Crippen LogP contribution is -2.27. The summed E-state index contributed by atoms with van der Waals surface area (Å²) in [6.45, 7) is -0.382. The highest BCUT2D eigenvalue weighted by molar-refractivity contribution is 5.82. The van der Waals surface area contributed by atoms with Crippen molar-refractivity contribution in [1.29, 1.82) is 0 Å². The lowest BCUT2D eigenvalue weighted by atomic mass is 10.0. The number of rotatable bonds is 6. The first-order valence-electron chi connectivity index (χ1n) is 15.0. The van der Waals surface area contributed by atoms with Crippen LogP contribution in [0.1, 0.15) is 27.8 Å². The molecule has 29 heteroatoms. The summed E-state index contributed by atoms with van der Waals surface area (Å²) in [7, 11) is 0. The second kappa shape index (κ2) is 17.2. The molecule has 2 N–H and O–H groups in total. The quantitative estimate of drug-likeness (QED) is 0.0985. The van der Waals surface area contributed by atoms with Crippen molar-refractivity contribution in [1.82, 2.24) is 9.71 Å². The maximum atomic E-state index is 13.1. The van der Waals surface area contributed by atoms with E-state index in [0.717, 1.165) is 18.2 Å². The van der Waals surface area contributed by atoms with Gasteiger partial charge in [-0.1, -0.05) is 0 Å². The van der Waals surface area contributed by atoms with Gasteiger partial charge >= 0.3 is 36.8 Å². The lowest BCUT2D eigenvalue weighted by molar-refractivity contribution is -0.395. The van der Waals surface area contributed by atoms with Crippen LogP contribution >= 0.6 is 0 Å². The summed E-state index contributed by atoms with van der Waals surface area (Å²) in [5.74, 6) is -2.17. The predicted molar refractivity (Wildman–Crippen MR) is 169 cm³/mol. The molecule has 0 bridgehead atoms. The number of fused-ring (bicyclic) bond motifs is 1. The molecule has 0 spiro atoms. The molecule has 1 aromatic heterocycles. The van der Waals surface area contributed by atoms with E-state index < -0.39 is 113 Å². The number of hydrogen-bond acceptors (Lipinski definition) is 9. The number of benzene rings is 4. The molecule has 0 saturated carbocycles. The Balaban J connectivity index is 0.000000276. The normalized spacial score (nSPS) is 12.2. The summed E-state index contributed by atoms with van der Waals surface area (Å²) < 4.78 is 203. The van der Waals surface area contributed by atoms with Gasteiger partial charge in [0.25, 0.3) is 11.4 Å². The first kappa shape index (κ1) is 47.6. The van der Waals surface area contributed by atoms with Crippen LogP contribution in [0.3, 0.4) is 0 Å². The molecule has 1 heterocycles. The highest BCUT2D eigenvalue weighted by atomic mass is 19.4. The second-order valence-corrected chi connectivity index (χ2v) is 11.3. The van der Waals surface area contributed by atoms with E-state index in [9.17, 15) is 101 Å². The fraction of sp³-hybridized carbons (Fsp3) is 0.194. The summed E-state index contributed by atoms with van der Waals surface area (Å²) in [6.07, 6.45) is -25.6. The minimum Gasteiger partial charge on any atom is -0.326 e. The Morgan fingerprint density at radius 3 is 1.38 bits per heavy atom. The largest absolute Gasteiger partial charge is 0.591 e. The number of nitro benzene ring substituents is 3. The molecule has 0 unspecified atom stereocenters. The van der Waals surface area contributed by atoms with Crippen LogP contribution in [-0.4, -0.2) is 30.8 Å². The minimum atomic E-state index is -5.46. The third-order valence-electron chi connectivity index (χ3n) is 7.07. The number of alkyl halides is 15. The third-order valence-corrected chi connectivity index (χ3v) is 7.07. The van der Waals surface area contributed by atoms with Crippen molar-refractivity contribution in [2.75, 3.05) is 0 Å². The predicted octanol–water partition coefficient (Wildman–Crippen LogP) is 10.4. The van der Waals surface area contributed by atoms with Gasteiger partial charge in [-0.2, -0.15) is 61.8 Å². The van der Waals surface area contributed by atoms with Gasteiger partial charge in [-0.3, -0.25) is 30.3 Å². The van der Waals surface area contributed by atoms with Gasteiger partial charge in [0, 0.05) is 30.3 Å². The summed E-state index contributed by atoms with van der Waals surface area (Å²) in [5, 5.41) is 31.2. The zero-order chi connectivity index (χ0) is 45.9. The second-order valence-electron chi connectivity index (χ2n) is 11.3. The molecule has 5 rings (SSSR count). The molecule has 0 aliphatic heterocycles. The fourth-order valence-electron chi connectivity index (χ4n) is 4.51. The van der Waals surface area contributed by atoms with E-state index >= 15 is 0 Å². The summed E-state index contributed by atoms with van der Waals surface area (Å²) >= 11 is 0. The molecule has 0 fully saturated rings. The van der Waals surface area contributed by atoms with E-state index in [1.165, 1.54) is 0 Å². The SMILES string of the molecule is NCc1cc(C(F)(F)F)cc(C(F)(F)F)c1.O=[N+]([O-])c1ccc(F)c([N+](=O)[O-])c1.O=[N+]([O-])c1ccc2nc(-c3cc(C(F)(F)F)cc(C(F)(F)F)c3)n(OC(F)(F)F)c2c1. The highest BCUT2D eigenvalue weighted by Crippen LogP contribution is 2.40. The summed E-state index contributed by atoms with van der Waals surface area (Å²) in [6, 6.07) is 5.79. The van der Waals surface area contributed by atoms with Crippen LogP contribution in [0.4, 0.5) is 87.3 Å². The van der Waals surface area contributed by atoms with Gasteiger partial charge in [-0.25, -0.2) is 4.98 Å². The van der Waals surface area contributed by atoms with Gasteiger partial charge in [0.2, 0.25) is 5.82 Å². The van der Waals surface area contributed by atoms with E-state index in [4.69, 9.17) is 5.73 Å². The summed E-state index contributed by atoms with van der Waals surface area (Å²) in [4.78, 5) is 35.7. The van der Waals surface area contributed by atoms with E-state index in [1.54, 1.807) is 0 Å². The monoisotopic (exact) mass is 888 g/mol. The number of nitrogens with zero attached hydrogens (tertiary/aromatic N) is 5. The van der Waals surface area contributed by atoms with Gasteiger partial charge in [-0.15, -0.1) is 13.2 Å². The van der Waals surface area contributed by atoms with Gasteiger partial charge in [-0.05, 0) is 54.1 Å². The number of imidazole rings is 1. The Labute approximate surface area is 319 Å². The smallest absolute Gasteiger partial charge is 0.326 e. The topological polar surface area (TPSA) is 182 Å². The number of nitro groups is 3. The van der Waals surface area contributed by atoms with E-state index in [2.05, 4.69) is 9.82 Å². The third kappa shape index (κ3) is 12.3. The van der Waals surface area contributed by atoms with Crippen LogP contribution in [-0.2, 0) is 31.2 Å². The highest BCUT2D eigenvalue weighted by Gasteiger charge is 2.40. The molecule has 0 atom stereocenters. The maximum absolute atomic E-state index is 13.1. The van der Waals surface area contributed by atoms with Crippen LogP contribution in [0.25, 0.3) is 22.4 Å². The Hall–Kier alpha value is -6.81. The number of non-ortho nitro benzene ring substituents is 2. The van der Waals surface area contributed by atoms with E-state index in [0.29, 0.717) is 30.3 Å². The molecule has 0 amide bonds. The summed E-state index contributed by atoms with van der Waals surface area (Å²) in [5.41, 5.74) is -5.69. The molecule has 0 radical (unpaired) electrons. The van der Waals surface area contributed by atoms with Gasteiger partial charge < -0.3 is 10.6 Å². The standard InChI is InChI=1S/C16H6F9N3O3.C9H7F6N.C6H3FN2O4/c17-14(18,19)8-3-7(4-9(5-8)15(20,21)22)13-26-11-2-1-10(28(29)30)6-12(11)27(13)31-16(23,24)25;10-8(11,12)6-1-5(4-16)2-7(3-6)9(13,14)15;7-5-2-1-4(8(10)11)3-6(5)9(12)13/h1-6H;1-3H,4,16H2;1-3H. The van der Waals surface area contributed by atoms with Gasteiger partial charge in [0.1, 0.15) is 5.52 Å². The van der Waals surface area contributed by atoms with Crippen molar-refractivity contribution in [2.24, 2.45) is 5.73 Å². The van der Waals surface area contributed by atoms with Crippen molar-refractivity contribution >= 4 is 28.1 Å².